The van der Waals surface area contributed by atoms with Crippen molar-refractivity contribution in [3.63, 3.8) is 0 Å². The Balaban J connectivity index is 2.67. The summed E-state index contributed by atoms with van der Waals surface area (Å²) in [5, 5.41) is 15.6. The molecule has 1 rings (SSSR count). The number of hydrogen-bond donors (Lipinski definition) is 4. The SMILES string of the molecule is COCCOCOCCNC(=O)[C@H](Cc1ccccc1)NC(=O)CC(C(N)=O)C(O)C(C)C. The van der Waals surface area contributed by atoms with E-state index in [-0.39, 0.29) is 38.7 Å². The zero-order valence-electron chi connectivity index (χ0n) is 19.6. The van der Waals surface area contributed by atoms with Crippen molar-refractivity contribution in [2.75, 3.05) is 40.3 Å². The van der Waals surface area contributed by atoms with Gasteiger partial charge in [-0.1, -0.05) is 44.2 Å². The number of carbonyl (C=O) groups is 3. The molecule has 0 spiro atoms. The molecule has 0 saturated heterocycles. The Kier molecular flexibility index (Phi) is 13.9. The van der Waals surface area contributed by atoms with Gasteiger partial charge in [-0.3, -0.25) is 14.4 Å². The van der Waals surface area contributed by atoms with Crippen molar-refractivity contribution in [3.05, 3.63) is 35.9 Å². The van der Waals surface area contributed by atoms with Gasteiger partial charge in [-0.25, -0.2) is 0 Å². The fraction of sp³-hybridized carbons (Fsp3) is 0.609. The van der Waals surface area contributed by atoms with Crippen molar-refractivity contribution < 1.29 is 33.7 Å². The molecule has 0 radical (unpaired) electrons. The standard InChI is InChI=1S/C23H37N3O7/c1-16(2)21(28)18(22(24)29)14-20(27)26-19(13-17-7-5-4-6-8-17)23(30)25-9-10-32-15-33-12-11-31-3/h4-8,16,18-19,21,28H,9-15H2,1-3H3,(H2,24,29)(H,25,30)(H,26,27)/t18?,19-,21?/m0/s1. The zero-order chi connectivity index (χ0) is 24.6. The van der Waals surface area contributed by atoms with Gasteiger partial charge in [0.05, 0.1) is 31.8 Å². The first-order valence-electron chi connectivity index (χ1n) is 11.0. The van der Waals surface area contributed by atoms with E-state index in [1.807, 2.05) is 30.3 Å². The number of nitrogens with one attached hydrogen (secondary N) is 2. The summed E-state index contributed by atoms with van der Waals surface area (Å²) in [5.74, 6) is -3.00. The van der Waals surface area contributed by atoms with Crippen LogP contribution < -0.4 is 16.4 Å². The molecular formula is C23H37N3O7. The van der Waals surface area contributed by atoms with Crippen LogP contribution in [0.1, 0.15) is 25.8 Å². The number of hydrogen-bond acceptors (Lipinski definition) is 7. The van der Waals surface area contributed by atoms with Gasteiger partial charge < -0.3 is 35.7 Å². The van der Waals surface area contributed by atoms with Gasteiger partial charge in [-0.15, -0.1) is 0 Å². The van der Waals surface area contributed by atoms with Crippen molar-refractivity contribution in [2.24, 2.45) is 17.6 Å². The highest BCUT2D eigenvalue weighted by molar-refractivity contribution is 5.90. The van der Waals surface area contributed by atoms with Crippen molar-refractivity contribution in [3.8, 4) is 0 Å². The first-order chi connectivity index (χ1) is 15.8. The Morgan fingerprint density at radius 2 is 1.73 bits per heavy atom. The lowest BCUT2D eigenvalue weighted by Crippen LogP contribution is -2.50. The predicted molar refractivity (Wildman–Crippen MR) is 122 cm³/mol. The van der Waals surface area contributed by atoms with Crippen LogP contribution in [-0.4, -0.2) is 75.2 Å². The topological polar surface area (TPSA) is 149 Å². The van der Waals surface area contributed by atoms with Gasteiger partial charge in [0.25, 0.3) is 0 Å². The highest BCUT2D eigenvalue weighted by Crippen LogP contribution is 2.16. The normalized spacial score (nSPS) is 13.8. The van der Waals surface area contributed by atoms with Gasteiger partial charge in [0.2, 0.25) is 17.7 Å². The van der Waals surface area contributed by atoms with E-state index < -0.39 is 35.8 Å². The van der Waals surface area contributed by atoms with Crippen molar-refractivity contribution >= 4 is 17.7 Å². The van der Waals surface area contributed by atoms with Gasteiger partial charge in [0.1, 0.15) is 12.8 Å². The molecule has 0 saturated carbocycles. The van der Waals surface area contributed by atoms with Crippen LogP contribution in [0.15, 0.2) is 30.3 Å². The number of benzene rings is 1. The number of carbonyl (C=O) groups excluding carboxylic acids is 3. The predicted octanol–water partition coefficient (Wildman–Crippen LogP) is -0.0243. The molecule has 1 aromatic carbocycles. The molecule has 0 bridgehead atoms. The molecular weight excluding hydrogens is 430 g/mol. The number of aliphatic hydroxyl groups excluding tert-OH is 1. The minimum absolute atomic E-state index is 0.0795. The van der Waals surface area contributed by atoms with Crippen LogP contribution in [0.5, 0.6) is 0 Å². The first kappa shape index (κ1) is 28.5. The van der Waals surface area contributed by atoms with Crippen LogP contribution in [-0.2, 0) is 35.0 Å². The maximum atomic E-state index is 12.7. The molecule has 0 heterocycles. The molecule has 0 aromatic heterocycles. The molecule has 33 heavy (non-hydrogen) atoms. The molecule has 3 amide bonds. The van der Waals surface area contributed by atoms with Gasteiger partial charge >= 0.3 is 0 Å². The van der Waals surface area contributed by atoms with Gasteiger partial charge in [-0.05, 0) is 11.5 Å². The maximum Gasteiger partial charge on any atom is 0.243 e. The molecule has 5 N–H and O–H groups in total. The number of ether oxygens (including phenoxy) is 3. The largest absolute Gasteiger partial charge is 0.392 e. The average molecular weight is 468 g/mol. The van der Waals surface area contributed by atoms with Crippen molar-refractivity contribution in [2.45, 2.75) is 38.8 Å². The van der Waals surface area contributed by atoms with Crippen LogP contribution in [0.25, 0.3) is 0 Å². The maximum absolute atomic E-state index is 12.7. The number of aliphatic hydroxyl groups is 1. The van der Waals surface area contributed by atoms with E-state index in [0.717, 1.165) is 5.56 Å². The summed E-state index contributed by atoms with van der Waals surface area (Å²) < 4.78 is 15.3. The number of nitrogens with two attached hydrogens (primary N) is 1. The van der Waals surface area contributed by atoms with E-state index in [1.165, 1.54) is 0 Å². The molecule has 10 nitrogen and oxygen atoms in total. The minimum atomic E-state index is -1.06. The molecule has 0 fully saturated rings. The molecule has 186 valence electrons. The summed E-state index contributed by atoms with van der Waals surface area (Å²) >= 11 is 0. The molecule has 1 aromatic rings. The summed E-state index contributed by atoms with van der Waals surface area (Å²) in [4.78, 5) is 37.1. The minimum Gasteiger partial charge on any atom is -0.392 e. The van der Waals surface area contributed by atoms with Crippen LogP contribution in [0.4, 0.5) is 0 Å². The van der Waals surface area contributed by atoms with E-state index in [1.54, 1.807) is 21.0 Å². The van der Waals surface area contributed by atoms with E-state index in [4.69, 9.17) is 19.9 Å². The highest BCUT2D eigenvalue weighted by Gasteiger charge is 2.31. The summed E-state index contributed by atoms with van der Waals surface area (Å²) in [6, 6.07) is 8.36. The van der Waals surface area contributed by atoms with Crippen LogP contribution in [0, 0.1) is 11.8 Å². The number of primary amides is 1. The third-order valence-corrected chi connectivity index (χ3v) is 4.94. The summed E-state index contributed by atoms with van der Waals surface area (Å²) in [7, 11) is 1.57. The Hall–Kier alpha value is -2.53. The number of amides is 3. The van der Waals surface area contributed by atoms with Crippen LogP contribution >= 0.6 is 0 Å². The fourth-order valence-electron chi connectivity index (χ4n) is 3.05. The second kappa shape index (κ2) is 16.1. The monoisotopic (exact) mass is 467 g/mol. The quantitative estimate of drug-likeness (QED) is 0.186. The lowest BCUT2D eigenvalue weighted by molar-refractivity contribution is -0.134. The van der Waals surface area contributed by atoms with Crippen molar-refractivity contribution in [1.82, 2.24) is 10.6 Å². The van der Waals surface area contributed by atoms with E-state index in [2.05, 4.69) is 10.6 Å². The van der Waals surface area contributed by atoms with Gasteiger partial charge in [0, 0.05) is 26.5 Å². The molecule has 3 atom stereocenters. The molecule has 0 aliphatic rings. The second-order valence-electron chi connectivity index (χ2n) is 7.98. The smallest absolute Gasteiger partial charge is 0.243 e. The third-order valence-electron chi connectivity index (χ3n) is 4.94. The summed E-state index contributed by atoms with van der Waals surface area (Å²) in [6.07, 6.45) is -1.11. The van der Waals surface area contributed by atoms with E-state index in [9.17, 15) is 19.5 Å². The Labute approximate surface area is 195 Å². The molecule has 0 aliphatic carbocycles. The van der Waals surface area contributed by atoms with E-state index >= 15 is 0 Å². The second-order valence-corrected chi connectivity index (χ2v) is 7.98. The lowest BCUT2D eigenvalue weighted by atomic mass is 9.89. The first-order valence-corrected chi connectivity index (χ1v) is 11.0. The summed E-state index contributed by atoms with van der Waals surface area (Å²) in [6.45, 7) is 4.87. The van der Waals surface area contributed by atoms with E-state index in [0.29, 0.717) is 13.2 Å². The molecule has 0 aliphatic heterocycles. The Morgan fingerprint density at radius 1 is 1.06 bits per heavy atom. The van der Waals surface area contributed by atoms with Crippen LogP contribution in [0.2, 0.25) is 0 Å². The van der Waals surface area contributed by atoms with Gasteiger partial charge in [0.15, 0.2) is 0 Å². The lowest BCUT2D eigenvalue weighted by Gasteiger charge is -2.24. The van der Waals surface area contributed by atoms with Gasteiger partial charge in [-0.2, -0.15) is 0 Å². The zero-order valence-corrected chi connectivity index (χ0v) is 19.6. The Bertz CT molecular complexity index is 715. The molecule has 2 unspecified atom stereocenters. The summed E-state index contributed by atoms with van der Waals surface area (Å²) in [5.41, 5.74) is 6.24. The third kappa shape index (κ3) is 11.8. The Morgan fingerprint density at radius 3 is 2.33 bits per heavy atom. The molecule has 10 heteroatoms. The van der Waals surface area contributed by atoms with Crippen LogP contribution in [0.3, 0.4) is 0 Å². The highest BCUT2D eigenvalue weighted by atomic mass is 16.7. The van der Waals surface area contributed by atoms with Crippen molar-refractivity contribution in [1.29, 1.82) is 0 Å². The average Bonchev–Trinajstić information content (AvgIpc) is 2.78. The fourth-order valence-corrected chi connectivity index (χ4v) is 3.05. The number of rotatable bonds is 17. The number of methoxy groups -OCH3 is 1.